The zero-order chi connectivity index (χ0) is 28.3. The Hall–Kier alpha value is -3.82. The molecule has 2 N–H and O–H groups in total. The summed E-state index contributed by atoms with van der Waals surface area (Å²) in [6.07, 6.45) is -10.5. The van der Waals surface area contributed by atoms with Crippen molar-refractivity contribution in [2.45, 2.75) is 24.8 Å². The lowest BCUT2D eigenvalue weighted by atomic mass is 10.0. The van der Waals surface area contributed by atoms with E-state index in [1.807, 2.05) is 5.32 Å². The third-order valence-corrected chi connectivity index (χ3v) is 5.48. The van der Waals surface area contributed by atoms with Crippen LogP contribution in [0.4, 0.5) is 36.4 Å². The summed E-state index contributed by atoms with van der Waals surface area (Å²) in [5.41, 5.74) is -1.20. The van der Waals surface area contributed by atoms with Crippen molar-refractivity contribution in [1.29, 1.82) is 0 Å². The van der Waals surface area contributed by atoms with Gasteiger partial charge in [0.1, 0.15) is 12.7 Å². The average molecular weight is 552 g/mol. The van der Waals surface area contributed by atoms with E-state index >= 15 is 0 Å². The van der Waals surface area contributed by atoms with Crippen molar-refractivity contribution in [1.82, 2.24) is 15.6 Å². The number of hydrogen-bond donors (Lipinski definition) is 2. The first-order valence-electron chi connectivity index (χ1n) is 10.9. The van der Waals surface area contributed by atoms with Gasteiger partial charge in [0.2, 0.25) is 0 Å². The molecule has 1 aromatic heterocycles. The highest BCUT2D eigenvalue weighted by Gasteiger charge is 2.43. The van der Waals surface area contributed by atoms with Gasteiger partial charge in [-0.2, -0.15) is 26.3 Å². The van der Waals surface area contributed by atoms with Crippen LogP contribution in [0.25, 0.3) is 10.9 Å². The number of nitrogens with one attached hydrogen (secondary N) is 2. The molecule has 1 aromatic carbocycles. The smallest absolute Gasteiger partial charge is 0.386 e. The number of carbonyl (C=O) groups is 4. The number of nitrogens with zero attached hydrogens (tertiary/aromatic N) is 2. The van der Waals surface area contributed by atoms with Crippen molar-refractivity contribution in [3.05, 3.63) is 35.5 Å². The first-order chi connectivity index (χ1) is 17.7. The van der Waals surface area contributed by atoms with E-state index in [1.54, 1.807) is 4.90 Å². The Morgan fingerprint density at radius 3 is 2.32 bits per heavy atom. The number of halogens is 7. The zero-order valence-electron chi connectivity index (χ0n) is 19.2. The fourth-order valence-electron chi connectivity index (χ4n) is 3.69. The van der Waals surface area contributed by atoms with Crippen LogP contribution in [0, 0.1) is 0 Å². The van der Waals surface area contributed by atoms with Gasteiger partial charge in [-0.1, -0.05) is 6.07 Å². The maximum Gasteiger partial charge on any atom is 0.491 e. The standard InChI is InChI=1S/C22H19F7N4O5/c23-9-16(34)15(8-17(35)38-20(37)22(27,28)29)32-19(36)13-10-31-14-7-11(21(24,25)26)1-2-12(14)18(13)33-5-3-30-4-6-33/h1-2,7,10,15,30H,3-6,8-9H2,(H,32,36). The van der Waals surface area contributed by atoms with E-state index in [2.05, 4.69) is 15.0 Å². The number of hydrogen-bond acceptors (Lipinski definition) is 8. The molecule has 0 aliphatic carbocycles. The molecule has 3 rings (SSSR count). The van der Waals surface area contributed by atoms with Gasteiger partial charge in [0.05, 0.1) is 28.8 Å². The van der Waals surface area contributed by atoms with Crippen molar-refractivity contribution in [2.24, 2.45) is 0 Å². The van der Waals surface area contributed by atoms with Crippen LogP contribution >= 0.6 is 0 Å². The highest BCUT2D eigenvalue weighted by molar-refractivity contribution is 6.09. The summed E-state index contributed by atoms with van der Waals surface area (Å²) < 4.78 is 93.3. The van der Waals surface area contributed by atoms with Gasteiger partial charge in [-0.3, -0.25) is 19.4 Å². The zero-order valence-corrected chi connectivity index (χ0v) is 19.2. The molecule has 206 valence electrons. The molecule has 1 unspecified atom stereocenters. The molecular weight excluding hydrogens is 533 g/mol. The molecular formula is C22H19F7N4O5. The minimum atomic E-state index is -5.51. The number of aromatic nitrogens is 1. The first kappa shape index (κ1) is 28.7. The first-order valence-corrected chi connectivity index (χ1v) is 10.9. The van der Waals surface area contributed by atoms with Crippen molar-refractivity contribution < 1.29 is 54.6 Å². The van der Waals surface area contributed by atoms with Crippen LogP contribution in [0.15, 0.2) is 24.4 Å². The molecule has 38 heavy (non-hydrogen) atoms. The Kier molecular flexibility index (Phi) is 8.54. The third kappa shape index (κ3) is 6.73. The topological polar surface area (TPSA) is 118 Å². The summed E-state index contributed by atoms with van der Waals surface area (Å²) in [7, 11) is 0. The number of anilines is 1. The van der Waals surface area contributed by atoms with Crippen molar-refractivity contribution in [3.63, 3.8) is 0 Å². The van der Waals surface area contributed by atoms with Crippen LogP contribution < -0.4 is 15.5 Å². The fraction of sp³-hybridized carbons (Fsp3) is 0.409. The fourth-order valence-corrected chi connectivity index (χ4v) is 3.69. The van der Waals surface area contributed by atoms with Gasteiger partial charge in [-0.05, 0) is 12.1 Å². The molecule has 1 aliphatic heterocycles. The summed E-state index contributed by atoms with van der Waals surface area (Å²) in [4.78, 5) is 53.3. The van der Waals surface area contributed by atoms with Crippen LogP contribution in [0.2, 0.25) is 0 Å². The molecule has 1 amide bonds. The number of alkyl halides is 7. The summed E-state index contributed by atoms with van der Waals surface area (Å²) in [6, 6.07) is 0.677. The number of ketones is 1. The predicted octanol–water partition coefficient (Wildman–Crippen LogP) is 2.32. The van der Waals surface area contributed by atoms with Gasteiger partial charge in [-0.25, -0.2) is 9.18 Å². The quantitative estimate of drug-likeness (QED) is 0.306. The molecule has 0 radical (unpaired) electrons. The molecule has 0 spiro atoms. The molecule has 9 nitrogen and oxygen atoms in total. The summed E-state index contributed by atoms with van der Waals surface area (Å²) >= 11 is 0. The van der Waals surface area contributed by atoms with Crippen molar-refractivity contribution in [2.75, 3.05) is 37.8 Å². The van der Waals surface area contributed by atoms with Gasteiger partial charge in [-0.15, -0.1) is 0 Å². The number of rotatable bonds is 7. The van der Waals surface area contributed by atoms with E-state index < -0.39 is 60.7 Å². The third-order valence-electron chi connectivity index (χ3n) is 5.48. The minimum Gasteiger partial charge on any atom is -0.386 e. The maximum atomic E-state index is 13.2. The second-order valence-corrected chi connectivity index (χ2v) is 8.08. The van der Waals surface area contributed by atoms with Gasteiger partial charge in [0, 0.05) is 37.8 Å². The maximum absolute atomic E-state index is 13.2. The molecule has 2 heterocycles. The SMILES string of the molecule is O=C(CC(NC(=O)c1cnc2cc(C(F)(F)F)ccc2c1N1CCNCC1)C(=O)CF)OC(=O)C(F)(F)F. The van der Waals surface area contributed by atoms with Crippen LogP contribution in [0.3, 0.4) is 0 Å². The second-order valence-electron chi connectivity index (χ2n) is 8.08. The summed E-state index contributed by atoms with van der Waals surface area (Å²) in [6.45, 7) is -0.175. The van der Waals surface area contributed by atoms with Crippen molar-refractivity contribution in [3.8, 4) is 0 Å². The van der Waals surface area contributed by atoms with Crippen LogP contribution in [0.1, 0.15) is 22.3 Å². The number of esters is 2. The highest BCUT2D eigenvalue weighted by atomic mass is 19.4. The van der Waals surface area contributed by atoms with E-state index in [4.69, 9.17) is 0 Å². The normalized spacial score (nSPS) is 15.2. The second kappa shape index (κ2) is 11.3. The molecule has 1 aliphatic rings. The average Bonchev–Trinajstić information content (AvgIpc) is 2.86. The lowest BCUT2D eigenvalue weighted by molar-refractivity contribution is -0.202. The van der Waals surface area contributed by atoms with Gasteiger partial charge >= 0.3 is 24.3 Å². The molecule has 16 heteroatoms. The van der Waals surface area contributed by atoms with E-state index in [0.29, 0.717) is 26.2 Å². The summed E-state index contributed by atoms with van der Waals surface area (Å²) in [5, 5.41) is 5.23. The van der Waals surface area contributed by atoms with E-state index in [-0.39, 0.29) is 22.2 Å². The monoisotopic (exact) mass is 552 g/mol. The number of Topliss-reactive ketones (excluding diaryl/α,β-unsaturated/α-hetero) is 1. The van der Waals surface area contributed by atoms with Crippen LogP contribution in [-0.2, 0) is 25.3 Å². The lowest BCUT2D eigenvalue weighted by Gasteiger charge is -2.32. The lowest BCUT2D eigenvalue weighted by Crippen LogP contribution is -2.46. The Bertz CT molecular complexity index is 1240. The molecule has 0 bridgehead atoms. The number of ether oxygens (including phenoxy) is 1. The van der Waals surface area contributed by atoms with Crippen LogP contribution in [0.5, 0.6) is 0 Å². The Morgan fingerprint density at radius 2 is 1.74 bits per heavy atom. The number of fused-ring (bicyclic) bond motifs is 1. The van der Waals surface area contributed by atoms with Crippen LogP contribution in [-0.4, -0.2) is 73.7 Å². The van der Waals surface area contributed by atoms with Gasteiger partial charge in [0.15, 0.2) is 5.78 Å². The number of piperazine rings is 1. The molecule has 1 fully saturated rings. The van der Waals surface area contributed by atoms with Crippen molar-refractivity contribution >= 4 is 40.2 Å². The summed E-state index contributed by atoms with van der Waals surface area (Å²) in [5.74, 6) is -7.23. The van der Waals surface area contributed by atoms with E-state index in [9.17, 15) is 49.9 Å². The molecule has 2 aromatic rings. The number of amides is 1. The molecule has 0 saturated carbocycles. The highest BCUT2D eigenvalue weighted by Crippen LogP contribution is 2.35. The molecule has 1 atom stereocenters. The Morgan fingerprint density at radius 1 is 1.08 bits per heavy atom. The minimum absolute atomic E-state index is 0.101. The van der Waals surface area contributed by atoms with E-state index in [1.165, 1.54) is 0 Å². The predicted molar refractivity (Wildman–Crippen MR) is 116 cm³/mol. The molecule has 1 saturated heterocycles. The number of carbonyl (C=O) groups excluding carboxylic acids is 4. The largest absolute Gasteiger partial charge is 0.491 e. The number of benzene rings is 1. The Labute approximate surface area is 209 Å². The van der Waals surface area contributed by atoms with Gasteiger partial charge < -0.3 is 20.3 Å². The van der Waals surface area contributed by atoms with Gasteiger partial charge in [0.25, 0.3) is 5.91 Å². The Balaban J connectivity index is 1.96. The van der Waals surface area contributed by atoms with E-state index in [0.717, 1.165) is 24.4 Å². The number of pyridine rings is 1.